The summed E-state index contributed by atoms with van der Waals surface area (Å²) in [5, 5.41) is 0. The fourth-order valence-electron chi connectivity index (χ4n) is 2.80. The summed E-state index contributed by atoms with van der Waals surface area (Å²) in [6, 6.07) is 2.05. The third kappa shape index (κ3) is 4.85. The number of likely N-dealkylation sites (tertiary alicyclic amines) is 1. The molecule has 1 aliphatic heterocycles. The van der Waals surface area contributed by atoms with E-state index in [1.807, 2.05) is 17.9 Å². The highest BCUT2D eigenvalue weighted by atomic mass is 35.5. The molecule has 118 valence electrons. The highest BCUT2D eigenvalue weighted by molar-refractivity contribution is 7.20. The molecule has 0 aliphatic carbocycles. The number of carbonyl (C=O) groups excluding carboxylic acids is 1. The molecule has 1 aromatic heterocycles. The molecule has 0 saturated carbocycles. The van der Waals surface area contributed by atoms with Gasteiger partial charge in [0.25, 0.3) is 0 Å². The number of thiophene rings is 1. The number of aryl methyl sites for hydroxylation is 1. The fraction of sp³-hybridized carbons (Fsp3) is 0.667. The second kappa shape index (κ2) is 7.82. The summed E-state index contributed by atoms with van der Waals surface area (Å²) in [5.41, 5.74) is 7.01. The number of hydrogen-bond acceptors (Lipinski definition) is 3. The average Bonchev–Trinajstić information content (AvgIpc) is 2.77. The minimum absolute atomic E-state index is 0.160. The third-order valence-electron chi connectivity index (χ3n) is 4.12. The summed E-state index contributed by atoms with van der Waals surface area (Å²) in [6.45, 7) is 3.70. The molecule has 0 spiro atoms. The molecule has 1 amide bonds. The van der Waals surface area contributed by atoms with Gasteiger partial charge in [0.1, 0.15) is 0 Å². The van der Waals surface area contributed by atoms with Crippen molar-refractivity contribution in [3.8, 4) is 0 Å². The number of hydrogen-bond donors (Lipinski definition) is 1. The van der Waals surface area contributed by atoms with Crippen molar-refractivity contribution in [3.05, 3.63) is 20.3 Å². The quantitative estimate of drug-likeness (QED) is 0.874. The zero-order chi connectivity index (χ0) is 15.4. The monoisotopic (exact) mass is 348 g/mol. The summed E-state index contributed by atoms with van der Waals surface area (Å²) in [4.78, 5) is 14.2. The number of rotatable bonds is 5. The van der Waals surface area contributed by atoms with Crippen molar-refractivity contribution in [1.29, 1.82) is 0 Å². The van der Waals surface area contributed by atoms with Crippen molar-refractivity contribution < 1.29 is 4.79 Å². The van der Waals surface area contributed by atoms with E-state index in [0.29, 0.717) is 16.7 Å². The Morgan fingerprint density at radius 3 is 2.95 bits per heavy atom. The average molecular weight is 349 g/mol. The molecular weight excluding hydrogens is 327 g/mol. The van der Waals surface area contributed by atoms with Crippen LogP contribution < -0.4 is 5.73 Å². The van der Waals surface area contributed by atoms with Crippen molar-refractivity contribution in [2.45, 2.75) is 45.1 Å². The van der Waals surface area contributed by atoms with Gasteiger partial charge in [0.05, 0.1) is 8.67 Å². The largest absolute Gasteiger partial charge is 0.342 e. The molecular formula is C15H22Cl2N2OS. The zero-order valence-electron chi connectivity index (χ0n) is 12.3. The SMILES string of the molecule is CC(N)C1CCCN(C(=O)CCCc2cc(Cl)sc2Cl)C1. The topological polar surface area (TPSA) is 46.3 Å². The van der Waals surface area contributed by atoms with E-state index in [-0.39, 0.29) is 11.9 Å². The maximum Gasteiger partial charge on any atom is 0.222 e. The molecule has 1 aromatic rings. The third-order valence-corrected chi connectivity index (χ3v) is 5.69. The van der Waals surface area contributed by atoms with Crippen molar-refractivity contribution in [1.82, 2.24) is 4.90 Å². The van der Waals surface area contributed by atoms with Gasteiger partial charge in [-0.15, -0.1) is 11.3 Å². The second-order valence-electron chi connectivity index (χ2n) is 5.80. The van der Waals surface area contributed by atoms with Gasteiger partial charge in [-0.05, 0) is 50.2 Å². The van der Waals surface area contributed by atoms with E-state index in [9.17, 15) is 4.79 Å². The smallest absolute Gasteiger partial charge is 0.222 e. The van der Waals surface area contributed by atoms with E-state index in [1.165, 1.54) is 11.3 Å². The van der Waals surface area contributed by atoms with Crippen molar-refractivity contribution in [3.63, 3.8) is 0 Å². The van der Waals surface area contributed by atoms with Crippen molar-refractivity contribution >= 4 is 40.4 Å². The van der Waals surface area contributed by atoms with Crippen LogP contribution in [0.3, 0.4) is 0 Å². The molecule has 2 unspecified atom stereocenters. The van der Waals surface area contributed by atoms with Crippen molar-refractivity contribution in [2.75, 3.05) is 13.1 Å². The molecule has 3 nitrogen and oxygen atoms in total. The minimum atomic E-state index is 0.160. The molecule has 21 heavy (non-hydrogen) atoms. The Labute approximate surface area is 140 Å². The van der Waals surface area contributed by atoms with Crippen LogP contribution in [0.4, 0.5) is 0 Å². The maximum atomic E-state index is 12.3. The van der Waals surface area contributed by atoms with E-state index in [2.05, 4.69) is 0 Å². The molecule has 6 heteroatoms. The van der Waals surface area contributed by atoms with Gasteiger partial charge < -0.3 is 10.6 Å². The summed E-state index contributed by atoms with van der Waals surface area (Å²) < 4.78 is 1.44. The lowest BCUT2D eigenvalue weighted by molar-refractivity contribution is -0.133. The van der Waals surface area contributed by atoms with Crippen LogP contribution in [0.15, 0.2) is 6.07 Å². The molecule has 1 saturated heterocycles. The Morgan fingerprint density at radius 1 is 1.57 bits per heavy atom. The van der Waals surface area contributed by atoms with Gasteiger partial charge in [-0.2, -0.15) is 0 Å². The molecule has 0 aromatic carbocycles. The van der Waals surface area contributed by atoms with Crippen LogP contribution in [0.5, 0.6) is 0 Å². The maximum absolute atomic E-state index is 12.3. The molecule has 2 N–H and O–H groups in total. The first-order valence-electron chi connectivity index (χ1n) is 7.44. The number of amides is 1. The van der Waals surface area contributed by atoms with Crippen LogP contribution in [0, 0.1) is 5.92 Å². The Kier molecular flexibility index (Phi) is 6.35. The standard InChI is InChI=1S/C15H22Cl2N2OS/c1-10(18)12-5-3-7-19(9-12)14(20)6-2-4-11-8-13(16)21-15(11)17/h8,10,12H,2-7,9,18H2,1H3. The summed E-state index contributed by atoms with van der Waals surface area (Å²) >= 11 is 13.4. The Balaban J connectivity index is 1.78. The van der Waals surface area contributed by atoms with E-state index in [4.69, 9.17) is 28.9 Å². The van der Waals surface area contributed by atoms with Crippen LogP contribution in [0.25, 0.3) is 0 Å². The number of nitrogens with two attached hydrogens (primary N) is 1. The Bertz CT molecular complexity index is 490. The van der Waals surface area contributed by atoms with Gasteiger partial charge >= 0.3 is 0 Å². The predicted molar refractivity (Wildman–Crippen MR) is 90.2 cm³/mol. The second-order valence-corrected chi connectivity index (χ2v) is 8.09. The van der Waals surface area contributed by atoms with Crippen LogP contribution in [0.1, 0.15) is 38.2 Å². The van der Waals surface area contributed by atoms with Gasteiger partial charge in [0, 0.05) is 25.6 Å². The highest BCUT2D eigenvalue weighted by Gasteiger charge is 2.25. The molecule has 1 aliphatic rings. The first-order valence-corrected chi connectivity index (χ1v) is 9.01. The van der Waals surface area contributed by atoms with Crippen LogP contribution in [0.2, 0.25) is 8.67 Å². The number of piperidine rings is 1. The van der Waals surface area contributed by atoms with E-state index >= 15 is 0 Å². The number of nitrogens with zero attached hydrogens (tertiary/aromatic N) is 1. The molecule has 1 fully saturated rings. The Morgan fingerprint density at radius 2 is 2.33 bits per heavy atom. The molecule has 0 radical (unpaired) electrons. The fourth-order valence-corrected chi connectivity index (χ4v) is 4.34. The first kappa shape index (κ1) is 17.1. The van der Waals surface area contributed by atoms with E-state index < -0.39 is 0 Å². The number of carbonyl (C=O) groups is 1. The van der Waals surface area contributed by atoms with Crippen molar-refractivity contribution in [2.24, 2.45) is 11.7 Å². The Hall–Kier alpha value is -0.290. The lowest BCUT2D eigenvalue weighted by Crippen LogP contribution is -2.45. The van der Waals surface area contributed by atoms with E-state index in [0.717, 1.165) is 48.7 Å². The minimum Gasteiger partial charge on any atom is -0.342 e. The predicted octanol–water partition coefficient (Wildman–Crippen LogP) is 3.96. The van der Waals surface area contributed by atoms with Gasteiger partial charge in [-0.1, -0.05) is 23.2 Å². The normalized spacial score (nSPS) is 20.6. The van der Waals surface area contributed by atoms with Gasteiger partial charge in [-0.25, -0.2) is 0 Å². The molecule has 0 bridgehead atoms. The van der Waals surface area contributed by atoms with Gasteiger partial charge in [0.2, 0.25) is 5.91 Å². The molecule has 2 heterocycles. The van der Waals surface area contributed by atoms with Gasteiger partial charge in [-0.3, -0.25) is 4.79 Å². The molecule has 2 rings (SSSR count). The lowest BCUT2D eigenvalue weighted by Gasteiger charge is -2.34. The zero-order valence-corrected chi connectivity index (χ0v) is 14.6. The van der Waals surface area contributed by atoms with Gasteiger partial charge in [0.15, 0.2) is 0 Å². The summed E-state index contributed by atoms with van der Waals surface area (Å²) in [7, 11) is 0. The lowest BCUT2D eigenvalue weighted by atomic mass is 9.92. The summed E-state index contributed by atoms with van der Waals surface area (Å²) in [6.07, 6.45) is 4.37. The highest BCUT2D eigenvalue weighted by Crippen LogP contribution is 2.32. The van der Waals surface area contributed by atoms with Crippen LogP contribution in [-0.4, -0.2) is 29.9 Å². The molecule has 2 atom stereocenters. The van der Waals surface area contributed by atoms with Crippen LogP contribution >= 0.6 is 34.5 Å². The van der Waals surface area contributed by atoms with E-state index in [1.54, 1.807) is 0 Å². The van der Waals surface area contributed by atoms with Crippen LogP contribution in [-0.2, 0) is 11.2 Å². The number of halogens is 2. The summed E-state index contributed by atoms with van der Waals surface area (Å²) in [5.74, 6) is 0.672. The first-order chi connectivity index (χ1) is 9.97.